The maximum Gasteiger partial charge on any atom is 0.435 e. The lowest BCUT2D eigenvalue weighted by Crippen LogP contribution is -2.30. The minimum atomic E-state index is -4.42. The molecule has 0 aliphatic heterocycles. The van der Waals surface area contributed by atoms with E-state index in [1.54, 1.807) is 6.92 Å². The van der Waals surface area contributed by atoms with Crippen LogP contribution in [0.1, 0.15) is 24.7 Å². The molecule has 2 N–H and O–H groups in total. The van der Waals surface area contributed by atoms with Gasteiger partial charge in [-0.05, 0) is 50.7 Å². The number of aryl methyl sites for hydroxylation is 2. The first-order valence-electron chi connectivity index (χ1n) is 8.19. The molecule has 0 aliphatic carbocycles. The van der Waals surface area contributed by atoms with E-state index in [2.05, 4.69) is 15.7 Å². The normalized spacial score (nSPS) is 11.3. The summed E-state index contributed by atoms with van der Waals surface area (Å²) in [6.07, 6.45) is -3.84. The molecule has 0 atom stereocenters. The van der Waals surface area contributed by atoms with Gasteiger partial charge in [-0.15, -0.1) is 0 Å². The van der Waals surface area contributed by atoms with Crippen molar-refractivity contribution >= 4 is 23.0 Å². The maximum atomic E-state index is 12.6. The zero-order valence-corrected chi connectivity index (χ0v) is 15.4. The fraction of sp³-hybridized carbons (Fsp3) is 0.412. The fourth-order valence-corrected chi connectivity index (χ4v) is 2.54. The van der Waals surface area contributed by atoms with Gasteiger partial charge < -0.3 is 15.4 Å². The number of ether oxygens (including phenoxy) is 1. The molecule has 0 saturated carbocycles. The van der Waals surface area contributed by atoms with Crippen molar-refractivity contribution in [1.29, 1.82) is 0 Å². The molecule has 26 heavy (non-hydrogen) atoms. The van der Waals surface area contributed by atoms with Crippen LogP contribution in [0.25, 0.3) is 0 Å². The monoisotopic (exact) mass is 386 g/mol. The summed E-state index contributed by atoms with van der Waals surface area (Å²) < 4.78 is 44.8. The van der Waals surface area contributed by atoms with E-state index in [1.165, 1.54) is 4.68 Å². The third-order valence-electron chi connectivity index (χ3n) is 3.54. The number of alkyl halides is 3. The van der Waals surface area contributed by atoms with Gasteiger partial charge in [-0.25, -0.2) is 0 Å². The van der Waals surface area contributed by atoms with Gasteiger partial charge in [0, 0.05) is 18.8 Å². The third kappa shape index (κ3) is 5.62. The van der Waals surface area contributed by atoms with E-state index in [1.807, 2.05) is 31.2 Å². The van der Waals surface area contributed by atoms with Crippen molar-refractivity contribution < 1.29 is 17.9 Å². The van der Waals surface area contributed by atoms with Crippen LogP contribution in [0.5, 0.6) is 5.75 Å². The number of nitrogens with one attached hydrogen (secondary N) is 2. The molecule has 2 aromatic rings. The van der Waals surface area contributed by atoms with Crippen molar-refractivity contribution in [2.24, 2.45) is 0 Å². The van der Waals surface area contributed by atoms with E-state index in [4.69, 9.17) is 17.0 Å². The first-order valence-corrected chi connectivity index (χ1v) is 8.60. The second kappa shape index (κ2) is 8.88. The van der Waals surface area contributed by atoms with Gasteiger partial charge in [0.25, 0.3) is 0 Å². The summed E-state index contributed by atoms with van der Waals surface area (Å²) in [5.74, 6) is 0.700. The van der Waals surface area contributed by atoms with Crippen LogP contribution in [0.15, 0.2) is 30.3 Å². The Kier molecular flexibility index (Phi) is 6.84. The van der Waals surface area contributed by atoms with Crippen LogP contribution in [0.2, 0.25) is 0 Å². The van der Waals surface area contributed by atoms with Crippen LogP contribution in [-0.2, 0) is 12.7 Å². The van der Waals surface area contributed by atoms with Gasteiger partial charge >= 0.3 is 6.18 Å². The Hall–Kier alpha value is -2.29. The van der Waals surface area contributed by atoms with Crippen molar-refractivity contribution in [1.82, 2.24) is 15.1 Å². The largest absolute Gasteiger partial charge is 0.492 e. The van der Waals surface area contributed by atoms with E-state index in [-0.39, 0.29) is 0 Å². The number of hydrogen-bond donors (Lipinski definition) is 2. The van der Waals surface area contributed by atoms with E-state index < -0.39 is 11.9 Å². The molecular formula is C17H21F3N4OS. The lowest BCUT2D eigenvalue weighted by Gasteiger charge is -2.14. The first-order chi connectivity index (χ1) is 12.3. The quantitative estimate of drug-likeness (QED) is 0.557. The third-order valence-corrected chi connectivity index (χ3v) is 3.79. The predicted molar refractivity (Wildman–Crippen MR) is 98.4 cm³/mol. The van der Waals surface area contributed by atoms with Crippen molar-refractivity contribution in [2.75, 3.05) is 18.5 Å². The number of nitrogens with zero attached hydrogens (tertiary/aromatic N) is 2. The van der Waals surface area contributed by atoms with Crippen molar-refractivity contribution in [3.05, 3.63) is 41.7 Å². The van der Waals surface area contributed by atoms with E-state index >= 15 is 0 Å². The average molecular weight is 386 g/mol. The molecule has 0 unspecified atom stereocenters. The molecule has 5 nitrogen and oxygen atoms in total. The minimum Gasteiger partial charge on any atom is -0.492 e. The summed E-state index contributed by atoms with van der Waals surface area (Å²) in [4.78, 5) is 0. The Bertz CT molecular complexity index is 746. The molecule has 2 rings (SSSR count). The zero-order chi connectivity index (χ0) is 19.2. The number of rotatable bonds is 7. The molecule has 0 aliphatic rings. The summed E-state index contributed by atoms with van der Waals surface area (Å²) >= 11 is 5.24. The summed E-state index contributed by atoms with van der Waals surface area (Å²) in [6, 6.07) is 8.47. The zero-order valence-electron chi connectivity index (χ0n) is 14.6. The Morgan fingerprint density at radius 1 is 1.31 bits per heavy atom. The van der Waals surface area contributed by atoms with Gasteiger partial charge in [-0.1, -0.05) is 12.1 Å². The number of aromatic nitrogens is 2. The second-order valence-electron chi connectivity index (χ2n) is 5.56. The van der Waals surface area contributed by atoms with Crippen LogP contribution in [0.4, 0.5) is 18.9 Å². The molecule has 1 aromatic heterocycles. The molecule has 1 heterocycles. The van der Waals surface area contributed by atoms with Gasteiger partial charge in [0.05, 0.1) is 12.3 Å². The van der Waals surface area contributed by atoms with Crippen molar-refractivity contribution in [2.45, 2.75) is 33.0 Å². The molecule has 142 valence electrons. The van der Waals surface area contributed by atoms with Crippen LogP contribution >= 0.6 is 12.2 Å². The number of anilines is 1. The lowest BCUT2D eigenvalue weighted by molar-refractivity contribution is -0.141. The molecule has 0 amide bonds. The van der Waals surface area contributed by atoms with Gasteiger partial charge in [0.2, 0.25) is 0 Å². The average Bonchev–Trinajstić information content (AvgIpc) is 2.95. The van der Waals surface area contributed by atoms with Gasteiger partial charge in [0.15, 0.2) is 10.8 Å². The molecule has 9 heteroatoms. The SMILES string of the molecule is CCOc1ccccc1NC(=S)NCCCn1nc(C(F)(F)F)cc1C. The summed E-state index contributed by atoms with van der Waals surface area (Å²) in [6.45, 7) is 4.92. The Morgan fingerprint density at radius 2 is 2.04 bits per heavy atom. The number of thiocarbonyl (C=S) groups is 1. The topological polar surface area (TPSA) is 51.1 Å². The Labute approximate surface area is 155 Å². The van der Waals surface area contributed by atoms with E-state index in [0.29, 0.717) is 42.7 Å². The smallest absolute Gasteiger partial charge is 0.435 e. The minimum absolute atomic E-state index is 0.368. The molecule has 0 saturated heterocycles. The summed E-state index contributed by atoms with van der Waals surface area (Å²) in [7, 11) is 0. The first kappa shape index (κ1) is 20.0. The molecule has 0 fully saturated rings. The second-order valence-corrected chi connectivity index (χ2v) is 5.96. The van der Waals surface area contributed by atoms with Crippen molar-refractivity contribution in [3.63, 3.8) is 0 Å². The number of para-hydroxylation sites is 2. The van der Waals surface area contributed by atoms with Crippen molar-refractivity contribution in [3.8, 4) is 5.75 Å². The predicted octanol–water partition coefficient (Wildman–Crippen LogP) is 3.99. The molecule has 0 radical (unpaired) electrons. The highest BCUT2D eigenvalue weighted by Crippen LogP contribution is 2.28. The van der Waals surface area contributed by atoms with Crippen LogP contribution in [0.3, 0.4) is 0 Å². The Balaban J connectivity index is 1.80. The van der Waals surface area contributed by atoms with Crippen LogP contribution < -0.4 is 15.4 Å². The Morgan fingerprint density at radius 3 is 2.69 bits per heavy atom. The van der Waals surface area contributed by atoms with E-state index in [0.717, 1.165) is 11.8 Å². The maximum absolute atomic E-state index is 12.6. The highest BCUT2D eigenvalue weighted by molar-refractivity contribution is 7.80. The van der Waals surface area contributed by atoms with Gasteiger partial charge in [0.1, 0.15) is 5.75 Å². The van der Waals surface area contributed by atoms with Gasteiger partial charge in [-0.2, -0.15) is 18.3 Å². The molecule has 1 aromatic carbocycles. The highest BCUT2D eigenvalue weighted by Gasteiger charge is 2.34. The fourth-order valence-electron chi connectivity index (χ4n) is 2.32. The lowest BCUT2D eigenvalue weighted by atomic mass is 10.3. The van der Waals surface area contributed by atoms with Gasteiger partial charge in [-0.3, -0.25) is 4.68 Å². The molecule has 0 spiro atoms. The molecule has 0 bridgehead atoms. The standard InChI is InChI=1S/C17H21F3N4OS/c1-3-25-14-8-5-4-7-13(14)22-16(26)21-9-6-10-24-12(2)11-15(23-24)17(18,19)20/h4-5,7-8,11H,3,6,9-10H2,1-2H3,(H2,21,22,26). The number of halogens is 3. The summed E-state index contributed by atoms with van der Waals surface area (Å²) in [5, 5.41) is 10.1. The van der Waals surface area contributed by atoms with Crippen LogP contribution in [-0.4, -0.2) is 28.0 Å². The van der Waals surface area contributed by atoms with E-state index in [9.17, 15) is 13.2 Å². The molecular weight excluding hydrogens is 365 g/mol. The summed E-state index contributed by atoms with van der Waals surface area (Å²) in [5.41, 5.74) is 0.362. The van der Waals surface area contributed by atoms with Crippen LogP contribution in [0, 0.1) is 6.92 Å². The highest BCUT2D eigenvalue weighted by atomic mass is 32.1. The number of benzene rings is 1. The number of hydrogen-bond acceptors (Lipinski definition) is 3.